The summed E-state index contributed by atoms with van der Waals surface area (Å²) in [6.45, 7) is 8.16. The summed E-state index contributed by atoms with van der Waals surface area (Å²) >= 11 is 0. The number of benzene rings is 2. The van der Waals surface area contributed by atoms with Crippen molar-refractivity contribution in [3.8, 4) is 5.75 Å². The molecule has 0 aliphatic heterocycles. The van der Waals surface area contributed by atoms with E-state index in [1.807, 2.05) is 24.3 Å². The molecule has 0 aliphatic rings. The third kappa shape index (κ3) is 5.41. The molecule has 0 unspecified atom stereocenters. The molecule has 5 nitrogen and oxygen atoms in total. The Balaban J connectivity index is 1.91. The van der Waals surface area contributed by atoms with Gasteiger partial charge in [-0.25, -0.2) is 13.1 Å². The van der Waals surface area contributed by atoms with Crippen LogP contribution in [0.5, 0.6) is 5.75 Å². The monoisotopic (exact) mass is 375 g/mol. The van der Waals surface area contributed by atoms with Crippen molar-refractivity contribution in [2.75, 3.05) is 13.2 Å². The van der Waals surface area contributed by atoms with E-state index in [4.69, 9.17) is 4.74 Å². The predicted molar refractivity (Wildman–Crippen MR) is 102 cm³/mol. The zero-order chi connectivity index (χ0) is 19.4. The number of rotatable bonds is 7. The van der Waals surface area contributed by atoms with Gasteiger partial charge in [0.1, 0.15) is 12.4 Å². The number of ketones is 1. The molecule has 0 aliphatic carbocycles. The maximum Gasteiger partial charge on any atom is 0.240 e. The van der Waals surface area contributed by atoms with Crippen LogP contribution in [0.3, 0.4) is 0 Å². The largest absolute Gasteiger partial charge is 0.492 e. The second kappa shape index (κ2) is 8.01. The summed E-state index contributed by atoms with van der Waals surface area (Å²) in [5.74, 6) is 0.514. The van der Waals surface area contributed by atoms with E-state index in [1.54, 1.807) is 12.1 Å². The van der Waals surface area contributed by atoms with Crippen LogP contribution in [0.25, 0.3) is 0 Å². The van der Waals surface area contributed by atoms with Crippen molar-refractivity contribution < 1.29 is 17.9 Å². The van der Waals surface area contributed by atoms with Gasteiger partial charge in [0.05, 0.1) is 4.90 Å². The van der Waals surface area contributed by atoms with Crippen molar-refractivity contribution in [1.29, 1.82) is 0 Å². The molecular weight excluding hydrogens is 350 g/mol. The summed E-state index contributed by atoms with van der Waals surface area (Å²) in [6, 6.07) is 13.7. The number of Topliss-reactive ketones (excluding diaryl/α,β-unsaturated/α-hetero) is 1. The van der Waals surface area contributed by atoms with Crippen LogP contribution in [0.4, 0.5) is 0 Å². The molecule has 6 heteroatoms. The van der Waals surface area contributed by atoms with Crippen LogP contribution in [-0.4, -0.2) is 27.4 Å². The van der Waals surface area contributed by atoms with Gasteiger partial charge >= 0.3 is 0 Å². The molecule has 2 aromatic rings. The Hall–Kier alpha value is -2.18. The fourth-order valence-electron chi connectivity index (χ4n) is 2.36. The molecule has 0 radical (unpaired) electrons. The second-order valence-corrected chi connectivity index (χ2v) is 8.87. The van der Waals surface area contributed by atoms with Crippen LogP contribution in [0.1, 0.15) is 43.6 Å². The fraction of sp³-hybridized carbons (Fsp3) is 0.350. The van der Waals surface area contributed by atoms with Crippen LogP contribution in [-0.2, 0) is 15.4 Å². The number of sulfonamides is 1. The minimum Gasteiger partial charge on any atom is -0.492 e. The standard InChI is InChI=1S/C20H25NO4S/c1-15(22)16-6-5-7-19(14-16)26(23,24)21-12-13-25-18-10-8-17(9-11-18)20(2,3)4/h5-11,14,21H,12-13H2,1-4H3. The third-order valence-electron chi connectivity index (χ3n) is 3.93. The van der Waals surface area contributed by atoms with E-state index < -0.39 is 10.0 Å². The molecule has 0 spiro atoms. The van der Waals surface area contributed by atoms with Crippen molar-refractivity contribution in [3.63, 3.8) is 0 Å². The highest BCUT2D eigenvalue weighted by atomic mass is 32.2. The molecule has 0 heterocycles. The Morgan fingerprint density at radius 1 is 1.08 bits per heavy atom. The van der Waals surface area contributed by atoms with E-state index in [1.165, 1.54) is 24.6 Å². The van der Waals surface area contributed by atoms with Gasteiger partial charge in [0.2, 0.25) is 10.0 Å². The summed E-state index contributed by atoms with van der Waals surface area (Å²) in [7, 11) is -3.68. The predicted octanol–water partition coefficient (Wildman–Crippen LogP) is 3.54. The van der Waals surface area contributed by atoms with Gasteiger partial charge < -0.3 is 4.74 Å². The van der Waals surface area contributed by atoms with Crippen LogP contribution >= 0.6 is 0 Å². The number of ether oxygens (including phenoxy) is 1. The summed E-state index contributed by atoms with van der Waals surface area (Å²) in [5.41, 5.74) is 1.64. The molecule has 2 rings (SSSR count). The fourth-order valence-corrected chi connectivity index (χ4v) is 3.42. The van der Waals surface area contributed by atoms with Gasteiger partial charge in [-0.15, -0.1) is 0 Å². The summed E-state index contributed by atoms with van der Waals surface area (Å²) in [4.78, 5) is 11.5. The Bertz CT molecular complexity index is 865. The van der Waals surface area contributed by atoms with Crippen molar-refractivity contribution in [2.45, 2.75) is 38.0 Å². The molecule has 0 saturated heterocycles. The van der Waals surface area contributed by atoms with Crippen LogP contribution in [0.15, 0.2) is 53.4 Å². The zero-order valence-electron chi connectivity index (χ0n) is 15.6. The Morgan fingerprint density at radius 2 is 1.73 bits per heavy atom. The minimum absolute atomic E-state index is 0.0692. The lowest BCUT2D eigenvalue weighted by atomic mass is 9.87. The number of nitrogens with one attached hydrogen (secondary N) is 1. The highest BCUT2D eigenvalue weighted by Gasteiger charge is 2.15. The molecule has 2 aromatic carbocycles. The topological polar surface area (TPSA) is 72.5 Å². The highest BCUT2D eigenvalue weighted by Crippen LogP contribution is 2.24. The van der Waals surface area contributed by atoms with Gasteiger partial charge in [0.25, 0.3) is 0 Å². The van der Waals surface area contributed by atoms with Crippen LogP contribution in [0, 0.1) is 0 Å². The average Bonchev–Trinajstić information content (AvgIpc) is 2.58. The first-order valence-electron chi connectivity index (χ1n) is 8.43. The number of carbonyl (C=O) groups excluding carboxylic acids is 1. The average molecular weight is 375 g/mol. The first kappa shape index (κ1) is 20.1. The molecule has 140 valence electrons. The zero-order valence-corrected chi connectivity index (χ0v) is 16.4. The van der Waals surface area contributed by atoms with Gasteiger partial charge in [0.15, 0.2) is 5.78 Å². The first-order chi connectivity index (χ1) is 12.1. The van der Waals surface area contributed by atoms with Gasteiger partial charge in [-0.1, -0.05) is 45.0 Å². The third-order valence-corrected chi connectivity index (χ3v) is 5.39. The molecule has 0 aromatic heterocycles. The van der Waals surface area contributed by atoms with Crippen molar-refractivity contribution in [3.05, 3.63) is 59.7 Å². The molecule has 0 bridgehead atoms. The quantitative estimate of drug-likeness (QED) is 0.593. The van der Waals surface area contributed by atoms with Crippen molar-refractivity contribution in [1.82, 2.24) is 4.72 Å². The van der Waals surface area contributed by atoms with E-state index in [0.717, 1.165) is 0 Å². The first-order valence-corrected chi connectivity index (χ1v) is 9.92. The van der Waals surface area contributed by atoms with E-state index in [0.29, 0.717) is 11.3 Å². The molecule has 1 N–H and O–H groups in total. The molecule has 0 atom stereocenters. The Kier molecular flexibility index (Phi) is 6.21. The Morgan fingerprint density at radius 3 is 2.31 bits per heavy atom. The summed E-state index contributed by atoms with van der Waals surface area (Å²) < 4.78 is 32.7. The number of carbonyl (C=O) groups is 1. The van der Waals surface area contributed by atoms with Gasteiger partial charge in [-0.05, 0) is 42.2 Å². The van der Waals surface area contributed by atoms with Crippen LogP contribution in [0.2, 0.25) is 0 Å². The minimum atomic E-state index is -3.68. The number of hydrogen-bond donors (Lipinski definition) is 1. The normalized spacial score (nSPS) is 12.0. The maximum atomic E-state index is 12.3. The smallest absolute Gasteiger partial charge is 0.240 e. The van der Waals surface area contributed by atoms with Gasteiger partial charge in [-0.3, -0.25) is 4.79 Å². The maximum absolute atomic E-state index is 12.3. The van der Waals surface area contributed by atoms with E-state index in [2.05, 4.69) is 25.5 Å². The molecule has 0 fully saturated rings. The van der Waals surface area contributed by atoms with E-state index in [9.17, 15) is 13.2 Å². The van der Waals surface area contributed by atoms with E-state index >= 15 is 0 Å². The SMILES string of the molecule is CC(=O)c1cccc(S(=O)(=O)NCCOc2ccc(C(C)(C)C)cc2)c1. The summed E-state index contributed by atoms with van der Waals surface area (Å²) in [6.07, 6.45) is 0. The molecule has 26 heavy (non-hydrogen) atoms. The lowest BCUT2D eigenvalue weighted by Crippen LogP contribution is -2.28. The lowest BCUT2D eigenvalue weighted by Gasteiger charge is -2.19. The van der Waals surface area contributed by atoms with Gasteiger partial charge in [-0.2, -0.15) is 0 Å². The number of hydrogen-bond acceptors (Lipinski definition) is 4. The summed E-state index contributed by atoms with van der Waals surface area (Å²) in [5, 5.41) is 0. The highest BCUT2D eigenvalue weighted by molar-refractivity contribution is 7.89. The molecule has 0 amide bonds. The molecule has 0 saturated carbocycles. The van der Waals surface area contributed by atoms with E-state index in [-0.39, 0.29) is 29.2 Å². The van der Waals surface area contributed by atoms with Crippen molar-refractivity contribution >= 4 is 15.8 Å². The van der Waals surface area contributed by atoms with Gasteiger partial charge in [0, 0.05) is 12.1 Å². The van der Waals surface area contributed by atoms with Crippen LogP contribution < -0.4 is 9.46 Å². The Labute approximate surface area is 155 Å². The van der Waals surface area contributed by atoms with Crippen molar-refractivity contribution in [2.24, 2.45) is 0 Å². The second-order valence-electron chi connectivity index (χ2n) is 7.10. The lowest BCUT2D eigenvalue weighted by molar-refractivity contribution is 0.101. The molecular formula is C20H25NO4S.